The van der Waals surface area contributed by atoms with Crippen molar-refractivity contribution in [1.82, 2.24) is 9.29 Å². The van der Waals surface area contributed by atoms with Gasteiger partial charge in [0, 0.05) is 19.8 Å². The molecule has 0 spiro atoms. The highest BCUT2D eigenvalue weighted by Crippen LogP contribution is 2.21. The molecular weight excluding hydrogens is 293 g/mol. The molecule has 1 aromatic carbocycles. The average Bonchev–Trinajstić information content (AvgIpc) is 2.48. The van der Waals surface area contributed by atoms with Gasteiger partial charge in [-0.3, -0.25) is 4.98 Å². The first-order valence-corrected chi connectivity index (χ1v) is 7.74. The summed E-state index contributed by atoms with van der Waals surface area (Å²) in [6.07, 6.45) is 1.59. The molecule has 0 aliphatic rings. The summed E-state index contributed by atoms with van der Waals surface area (Å²) in [5.74, 6) is -0.614. The second-order valence-electron chi connectivity index (χ2n) is 4.54. The number of aromatic nitrogens is 1. The zero-order valence-electron chi connectivity index (χ0n) is 11.5. The van der Waals surface area contributed by atoms with Gasteiger partial charge in [0.25, 0.3) is 0 Å². The number of pyridine rings is 1. The first-order valence-electron chi connectivity index (χ1n) is 6.30. The van der Waals surface area contributed by atoms with Gasteiger partial charge in [-0.1, -0.05) is 12.1 Å². The Morgan fingerprint density at radius 3 is 2.67 bits per heavy atom. The maximum Gasteiger partial charge on any atom is 0.243 e. The molecule has 1 heterocycles. The molecule has 7 heteroatoms. The van der Waals surface area contributed by atoms with Gasteiger partial charge >= 0.3 is 0 Å². The Morgan fingerprint density at radius 1 is 1.29 bits per heavy atom. The molecule has 0 radical (unpaired) electrons. The van der Waals surface area contributed by atoms with Crippen molar-refractivity contribution in [3.05, 3.63) is 59.7 Å². The molecule has 0 fully saturated rings. The van der Waals surface area contributed by atoms with E-state index in [9.17, 15) is 12.8 Å². The number of hydrogen-bond acceptors (Lipinski definition) is 4. The van der Waals surface area contributed by atoms with E-state index < -0.39 is 15.8 Å². The summed E-state index contributed by atoms with van der Waals surface area (Å²) in [6, 6.07) is 8.82. The predicted molar refractivity (Wildman–Crippen MR) is 77.2 cm³/mol. The molecule has 0 bridgehead atoms. The van der Waals surface area contributed by atoms with Crippen LogP contribution in [0.3, 0.4) is 0 Å². The van der Waals surface area contributed by atoms with Crippen molar-refractivity contribution in [3.63, 3.8) is 0 Å². The van der Waals surface area contributed by atoms with Crippen molar-refractivity contribution < 1.29 is 12.8 Å². The summed E-state index contributed by atoms with van der Waals surface area (Å²) in [4.78, 5) is 3.97. The Hall–Kier alpha value is -1.83. The fraction of sp³-hybridized carbons (Fsp3) is 0.214. The molecular formula is C14H16FN3O2S. The monoisotopic (exact) mass is 309 g/mol. The number of nitrogens with zero attached hydrogens (tertiary/aromatic N) is 2. The maximum atomic E-state index is 13.4. The van der Waals surface area contributed by atoms with E-state index in [1.165, 1.54) is 19.2 Å². The van der Waals surface area contributed by atoms with Gasteiger partial charge in [-0.15, -0.1) is 0 Å². The Kier molecular flexibility index (Phi) is 4.66. The molecule has 2 N–H and O–H groups in total. The highest BCUT2D eigenvalue weighted by molar-refractivity contribution is 7.89. The van der Waals surface area contributed by atoms with E-state index >= 15 is 0 Å². The van der Waals surface area contributed by atoms with Crippen LogP contribution in [-0.4, -0.2) is 24.8 Å². The van der Waals surface area contributed by atoms with Gasteiger partial charge < -0.3 is 5.73 Å². The largest absolute Gasteiger partial charge is 0.326 e. The lowest BCUT2D eigenvalue weighted by Gasteiger charge is -2.18. The van der Waals surface area contributed by atoms with E-state index in [1.54, 1.807) is 24.4 Å². The Labute approximate surface area is 123 Å². The normalized spacial score (nSPS) is 11.8. The van der Waals surface area contributed by atoms with Gasteiger partial charge in [0.05, 0.1) is 17.1 Å². The molecule has 0 aliphatic carbocycles. The SMILES string of the molecule is CN(Cc1ccccn1)S(=O)(=O)c1cc(F)ccc1CN. The predicted octanol–water partition coefficient (Wildman–Crippen LogP) is 1.50. The molecule has 0 atom stereocenters. The molecule has 2 aromatic rings. The van der Waals surface area contributed by atoms with E-state index in [0.29, 0.717) is 11.3 Å². The van der Waals surface area contributed by atoms with E-state index in [0.717, 1.165) is 10.4 Å². The lowest BCUT2D eigenvalue weighted by atomic mass is 10.2. The average molecular weight is 309 g/mol. The van der Waals surface area contributed by atoms with E-state index in [1.807, 2.05) is 0 Å². The third-order valence-corrected chi connectivity index (χ3v) is 4.93. The molecule has 1 aromatic heterocycles. The summed E-state index contributed by atoms with van der Waals surface area (Å²) >= 11 is 0. The van der Waals surface area contributed by atoms with E-state index in [4.69, 9.17) is 5.73 Å². The molecule has 0 amide bonds. The van der Waals surface area contributed by atoms with Crippen LogP contribution in [0.25, 0.3) is 0 Å². The molecule has 2 rings (SSSR count). The van der Waals surface area contributed by atoms with Crippen molar-refractivity contribution in [2.75, 3.05) is 7.05 Å². The number of nitrogens with two attached hydrogens (primary N) is 1. The fourth-order valence-electron chi connectivity index (χ4n) is 1.91. The topological polar surface area (TPSA) is 76.3 Å². The summed E-state index contributed by atoms with van der Waals surface area (Å²) in [6.45, 7) is 0.121. The van der Waals surface area contributed by atoms with Crippen LogP contribution in [-0.2, 0) is 23.1 Å². The number of rotatable bonds is 5. The van der Waals surface area contributed by atoms with Gasteiger partial charge in [-0.05, 0) is 29.8 Å². The number of sulfonamides is 1. The summed E-state index contributed by atoms with van der Waals surface area (Å²) in [5, 5.41) is 0. The molecule has 0 saturated heterocycles. The quantitative estimate of drug-likeness (QED) is 0.908. The lowest BCUT2D eigenvalue weighted by molar-refractivity contribution is 0.460. The lowest BCUT2D eigenvalue weighted by Crippen LogP contribution is -2.28. The molecule has 0 aliphatic heterocycles. The first-order chi connectivity index (χ1) is 9.95. The maximum absolute atomic E-state index is 13.4. The van der Waals surface area contributed by atoms with Gasteiger partial charge in [0.15, 0.2) is 0 Å². The zero-order chi connectivity index (χ0) is 15.5. The van der Waals surface area contributed by atoms with Gasteiger partial charge in [-0.25, -0.2) is 12.8 Å². The van der Waals surface area contributed by atoms with Crippen LogP contribution >= 0.6 is 0 Å². The Bertz CT molecular complexity index is 720. The highest BCUT2D eigenvalue weighted by atomic mass is 32.2. The van der Waals surface area contributed by atoms with Crippen LogP contribution in [0, 0.1) is 5.82 Å². The fourth-order valence-corrected chi connectivity index (χ4v) is 3.29. The van der Waals surface area contributed by atoms with Crippen molar-refractivity contribution >= 4 is 10.0 Å². The number of benzene rings is 1. The van der Waals surface area contributed by atoms with Crippen LogP contribution < -0.4 is 5.73 Å². The molecule has 0 saturated carbocycles. The number of hydrogen-bond donors (Lipinski definition) is 1. The van der Waals surface area contributed by atoms with Gasteiger partial charge in [0.1, 0.15) is 5.82 Å². The van der Waals surface area contributed by atoms with Crippen molar-refractivity contribution in [2.24, 2.45) is 5.73 Å². The molecule has 21 heavy (non-hydrogen) atoms. The number of halogens is 1. The van der Waals surface area contributed by atoms with Crippen LogP contribution in [0.5, 0.6) is 0 Å². The minimum atomic E-state index is -3.83. The van der Waals surface area contributed by atoms with Crippen molar-refractivity contribution in [2.45, 2.75) is 18.0 Å². The zero-order valence-corrected chi connectivity index (χ0v) is 12.3. The van der Waals surface area contributed by atoms with Crippen molar-refractivity contribution in [1.29, 1.82) is 0 Å². The van der Waals surface area contributed by atoms with E-state index in [-0.39, 0.29) is 18.0 Å². The molecule has 112 valence electrons. The first kappa shape index (κ1) is 15.6. The highest BCUT2D eigenvalue weighted by Gasteiger charge is 2.24. The minimum Gasteiger partial charge on any atom is -0.326 e. The summed E-state index contributed by atoms with van der Waals surface area (Å²) in [7, 11) is -2.40. The minimum absolute atomic E-state index is 0.0201. The van der Waals surface area contributed by atoms with Gasteiger partial charge in [0.2, 0.25) is 10.0 Å². The van der Waals surface area contributed by atoms with E-state index in [2.05, 4.69) is 4.98 Å². The second-order valence-corrected chi connectivity index (χ2v) is 6.55. The smallest absolute Gasteiger partial charge is 0.243 e. The summed E-state index contributed by atoms with van der Waals surface area (Å²) < 4.78 is 39.6. The van der Waals surface area contributed by atoms with Crippen LogP contribution in [0.4, 0.5) is 4.39 Å². The third-order valence-electron chi connectivity index (χ3n) is 3.05. The third kappa shape index (κ3) is 3.44. The van der Waals surface area contributed by atoms with Crippen molar-refractivity contribution in [3.8, 4) is 0 Å². The van der Waals surface area contributed by atoms with Gasteiger partial charge in [-0.2, -0.15) is 4.31 Å². The Morgan fingerprint density at radius 2 is 2.05 bits per heavy atom. The standard InChI is InChI=1S/C14H16FN3O2S/c1-18(10-13-4-2-3-7-17-13)21(19,20)14-8-12(15)6-5-11(14)9-16/h2-8H,9-10,16H2,1H3. The van der Waals surface area contributed by atoms with Crippen LogP contribution in [0.2, 0.25) is 0 Å². The second kappa shape index (κ2) is 6.30. The van der Waals surface area contributed by atoms with Crippen LogP contribution in [0.1, 0.15) is 11.3 Å². The molecule has 5 nitrogen and oxygen atoms in total. The summed E-state index contributed by atoms with van der Waals surface area (Å²) in [5.41, 5.74) is 6.52. The molecule has 0 unspecified atom stereocenters. The Balaban J connectivity index is 2.35. The van der Waals surface area contributed by atoms with Crippen LogP contribution in [0.15, 0.2) is 47.5 Å².